The van der Waals surface area contributed by atoms with E-state index in [1.165, 1.54) is 5.69 Å². The lowest BCUT2D eigenvalue weighted by Gasteiger charge is -2.31. The molecule has 2 rings (SSSR count). The van der Waals surface area contributed by atoms with Gasteiger partial charge < -0.3 is 5.32 Å². The molecule has 0 aliphatic carbocycles. The molecular formula is C10H17BrN4. The van der Waals surface area contributed by atoms with Crippen LogP contribution in [0.3, 0.4) is 0 Å². The van der Waals surface area contributed by atoms with E-state index in [0.717, 1.165) is 30.7 Å². The molecule has 0 saturated carbocycles. The highest BCUT2D eigenvalue weighted by Crippen LogP contribution is 2.17. The number of nitrogens with zero attached hydrogens (tertiary/aromatic N) is 3. The Morgan fingerprint density at radius 2 is 2.47 bits per heavy atom. The molecule has 1 unspecified atom stereocenters. The summed E-state index contributed by atoms with van der Waals surface area (Å²) >= 11 is 3.53. The molecule has 0 radical (unpaired) electrons. The van der Waals surface area contributed by atoms with Crippen LogP contribution in [0.25, 0.3) is 0 Å². The lowest BCUT2D eigenvalue weighted by molar-refractivity contribution is 0.195. The Kier molecular flexibility index (Phi) is 3.43. The van der Waals surface area contributed by atoms with Crippen molar-refractivity contribution in [2.24, 2.45) is 7.05 Å². The van der Waals surface area contributed by atoms with E-state index >= 15 is 0 Å². The molecule has 84 valence electrons. The van der Waals surface area contributed by atoms with Gasteiger partial charge in [0.25, 0.3) is 0 Å². The van der Waals surface area contributed by atoms with Gasteiger partial charge in [-0.25, -0.2) is 0 Å². The largest absolute Gasteiger partial charge is 0.312 e. The number of hydrogen-bond acceptors (Lipinski definition) is 3. The van der Waals surface area contributed by atoms with Gasteiger partial charge in [-0.05, 0) is 22.9 Å². The molecule has 1 aromatic rings. The predicted octanol–water partition coefficient (Wildman–Crippen LogP) is 0.976. The molecule has 1 aliphatic rings. The minimum atomic E-state index is 0.589. The van der Waals surface area contributed by atoms with E-state index in [9.17, 15) is 0 Å². The summed E-state index contributed by atoms with van der Waals surface area (Å²) in [5.41, 5.74) is 1.25. The molecule has 5 heteroatoms. The van der Waals surface area contributed by atoms with Crippen LogP contribution in [-0.4, -0.2) is 40.4 Å². The molecule has 1 aliphatic heterocycles. The maximum absolute atomic E-state index is 4.23. The van der Waals surface area contributed by atoms with Gasteiger partial charge >= 0.3 is 0 Å². The average Bonchev–Trinajstić information content (AvgIpc) is 2.50. The lowest BCUT2D eigenvalue weighted by Crippen LogP contribution is -2.48. The first-order chi connectivity index (χ1) is 7.16. The summed E-state index contributed by atoms with van der Waals surface area (Å²) in [5.74, 6) is 0. The van der Waals surface area contributed by atoms with Crippen molar-refractivity contribution in [3.05, 3.63) is 16.4 Å². The van der Waals surface area contributed by atoms with Crippen LogP contribution in [0.4, 0.5) is 0 Å². The third-order valence-corrected chi connectivity index (χ3v) is 3.50. The van der Waals surface area contributed by atoms with Gasteiger partial charge in [-0.3, -0.25) is 9.58 Å². The summed E-state index contributed by atoms with van der Waals surface area (Å²) in [6.45, 7) is 6.50. The Labute approximate surface area is 98.8 Å². The number of rotatable bonds is 2. The topological polar surface area (TPSA) is 33.1 Å². The fraction of sp³-hybridized carbons (Fsp3) is 0.700. The second-order valence-electron chi connectivity index (χ2n) is 4.15. The quantitative estimate of drug-likeness (QED) is 0.872. The maximum Gasteiger partial charge on any atom is 0.0663 e. The minimum absolute atomic E-state index is 0.589. The van der Waals surface area contributed by atoms with Gasteiger partial charge in [0.15, 0.2) is 0 Å². The molecule has 0 spiro atoms. The van der Waals surface area contributed by atoms with Gasteiger partial charge in [0.1, 0.15) is 0 Å². The molecule has 0 amide bonds. The summed E-state index contributed by atoms with van der Waals surface area (Å²) in [7, 11) is 1.99. The minimum Gasteiger partial charge on any atom is -0.312 e. The van der Waals surface area contributed by atoms with E-state index in [0.29, 0.717) is 6.04 Å². The zero-order valence-corrected chi connectivity index (χ0v) is 10.8. The van der Waals surface area contributed by atoms with E-state index in [1.807, 2.05) is 17.9 Å². The number of aryl methyl sites for hydroxylation is 1. The van der Waals surface area contributed by atoms with Gasteiger partial charge in [-0.15, -0.1) is 0 Å². The fourth-order valence-electron chi connectivity index (χ4n) is 1.98. The Bertz CT molecular complexity index is 317. The number of aromatic nitrogens is 2. The molecule has 0 bridgehead atoms. The van der Waals surface area contributed by atoms with E-state index in [2.05, 4.69) is 38.2 Å². The third kappa shape index (κ3) is 2.59. The third-order valence-electron chi connectivity index (χ3n) is 2.84. The van der Waals surface area contributed by atoms with Gasteiger partial charge in [-0.2, -0.15) is 5.10 Å². The van der Waals surface area contributed by atoms with Crippen LogP contribution in [0.15, 0.2) is 10.7 Å². The van der Waals surface area contributed by atoms with Crippen LogP contribution in [-0.2, 0) is 13.6 Å². The van der Waals surface area contributed by atoms with Crippen LogP contribution < -0.4 is 5.32 Å². The van der Waals surface area contributed by atoms with Crippen molar-refractivity contribution in [3.8, 4) is 0 Å². The Hall–Kier alpha value is -0.390. The first-order valence-electron chi connectivity index (χ1n) is 5.29. The molecule has 4 nitrogen and oxygen atoms in total. The summed E-state index contributed by atoms with van der Waals surface area (Å²) in [6.07, 6.45) is 1.86. The van der Waals surface area contributed by atoms with Crippen LogP contribution in [0.1, 0.15) is 12.6 Å². The van der Waals surface area contributed by atoms with Crippen molar-refractivity contribution < 1.29 is 0 Å². The highest BCUT2D eigenvalue weighted by Gasteiger charge is 2.17. The van der Waals surface area contributed by atoms with Crippen LogP contribution >= 0.6 is 15.9 Å². The zero-order chi connectivity index (χ0) is 10.8. The predicted molar refractivity (Wildman–Crippen MR) is 63.6 cm³/mol. The second-order valence-corrected chi connectivity index (χ2v) is 5.01. The molecule has 15 heavy (non-hydrogen) atoms. The van der Waals surface area contributed by atoms with E-state index in [1.54, 1.807) is 0 Å². The van der Waals surface area contributed by atoms with Crippen LogP contribution in [0.5, 0.6) is 0 Å². The van der Waals surface area contributed by atoms with Gasteiger partial charge in [0.2, 0.25) is 0 Å². The second kappa shape index (κ2) is 4.63. The number of halogens is 1. The average molecular weight is 273 g/mol. The monoisotopic (exact) mass is 272 g/mol. The van der Waals surface area contributed by atoms with E-state index in [4.69, 9.17) is 0 Å². The first-order valence-corrected chi connectivity index (χ1v) is 6.08. The van der Waals surface area contributed by atoms with Gasteiger partial charge in [-0.1, -0.05) is 0 Å². The highest BCUT2D eigenvalue weighted by molar-refractivity contribution is 9.10. The summed E-state index contributed by atoms with van der Waals surface area (Å²) in [6, 6.07) is 0.589. The zero-order valence-electron chi connectivity index (χ0n) is 9.20. The summed E-state index contributed by atoms with van der Waals surface area (Å²) < 4.78 is 3.05. The van der Waals surface area contributed by atoms with Gasteiger partial charge in [0.05, 0.1) is 16.4 Å². The Morgan fingerprint density at radius 3 is 3.07 bits per heavy atom. The normalized spacial score (nSPS) is 23.3. The van der Waals surface area contributed by atoms with Crippen molar-refractivity contribution in [2.75, 3.05) is 19.6 Å². The highest BCUT2D eigenvalue weighted by atomic mass is 79.9. The Morgan fingerprint density at radius 1 is 1.67 bits per heavy atom. The van der Waals surface area contributed by atoms with Crippen LogP contribution in [0.2, 0.25) is 0 Å². The molecule has 2 heterocycles. The first kappa shape index (κ1) is 11.1. The van der Waals surface area contributed by atoms with Crippen molar-refractivity contribution in [2.45, 2.75) is 19.5 Å². The molecule has 1 N–H and O–H groups in total. The molecule has 1 fully saturated rings. The molecule has 1 saturated heterocycles. The van der Waals surface area contributed by atoms with E-state index < -0.39 is 0 Å². The standard InChI is InChI=1S/C10H17BrN4/c1-8-6-15(4-3-12-8)7-10-9(11)5-13-14(10)2/h5,8,12H,3-4,6-7H2,1-2H3. The molecule has 1 aromatic heterocycles. The smallest absolute Gasteiger partial charge is 0.0663 e. The molecule has 1 atom stereocenters. The SMILES string of the molecule is CC1CN(Cc2c(Br)cnn2C)CCN1. The maximum atomic E-state index is 4.23. The van der Waals surface area contributed by atoms with Gasteiger partial charge in [0, 0.05) is 39.3 Å². The van der Waals surface area contributed by atoms with Crippen LogP contribution in [0, 0.1) is 0 Å². The van der Waals surface area contributed by atoms with Crippen molar-refractivity contribution in [1.29, 1.82) is 0 Å². The lowest BCUT2D eigenvalue weighted by atomic mass is 10.2. The number of hydrogen-bond donors (Lipinski definition) is 1. The fourth-order valence-corrected chi connectivity index (χ4v) is 2.46. The van der Waals surface area contributed by atoms with Crippen molar-refractivity contribution >= 4 is 15.9 Å². The Balaban J connectivity index is 2.02. The van der Waals surface area contributed by atoms with Crippen molar-refractivity contribution in [3.63, 3.8) is 0 Å². The summed E-state index contributed by atoms with van der Waals surface area (Å²) in [4.78, 5) is 2.46. The van der Waals surface area contributed by atoms with Crippen molar-refractivity contribution in [1.82, 2.24) is 20.0 Å². The van der Waals surface area contributed by atoms with E-state index in [-0.39, 0.29) is 0 Å². The number of nitrogens with one attached hydrogen (secondary N) is 1. The molecular weight excluding hydrogens is 256 g/mol. The summed E-state index contributed by atoms with van der Waals surface area (Å²) in [5, 5.41) is 7.67. The number of piperazine rings is 1. The molecule has 0 aromatic carbocycles.